The van der Waals surface area contributed by atoms with E-state index in [1.54, 1.807) is 6.20 Å². The van der Waals surface area contributed by atoms with Crippen molar-refractivity contribution >= 4 is 5.91 Å². The van der Waals surface area contributed by atoms with Gasteiger partial charge in [-0.05, 0) is 26.7 Å². The smallest absolute Gasteiger partial charge is 0.228 e. The highest BCUT2D eigenvalue weighted by Gasteiger charge is 2.28. The fourth-order valence-electron chi connectivity index (χ4n) is 2.48. The van der Waals surface area contributed by atoms with Gasteiger partial charge in [0.15, 0.2) is 5.82 Å². The Morgan fingerprint density at radius 2 is 2.36 bits per heavy atom. The van der Waals surface area contributed by atoms with E-state index < -0.39 is 0 Å². The zero-order valence-corrected chi connectivity index (χ0v) is 13.0. The van der Waals surface area contributed by atoms with Crippen LogP contribution >= 0.6 is 0 Å². The summed E-state index contributed by atoms with van der Waals surface area (Å²) in [5.74, 6) is 2.83. The number of nitrogens with zero attached hydrogens (tertiary/aromatic N) is 4. The molecule has 1 aliphatic rings. The van der Waals surface area contributed by atoms with E-state index >= 15 is 0 Å². The molecule has 22 heavy (non-hydrogen) atoms. The molecule has 1 amide bonds. The minimum absolute atomic E-state index is 0.0162. The number of aromatic nitrogens is 4. The summed E-state index contributed by atoms with van der Waals surface area (Å²) in [5.41, 5.74) is 0. The van der Waals surface area contributed by atoms with Crippen molar-refractivity contribution in [3.63, 3.8) is 0 Å². The molecule has 0 saturated heterocycles. The molecular weight excluding hydrogens is 282 g/mol. The summed E-state index contributed by atoms with van der Waals surface area (Å²) in [5, 5.41) is 6.86. The standard InChI is InChI=1S/C15H21N5O2/c1-10(20-8-7-16-11(20)2)9-13(21)17-6-5-14-18-15(19-22-14)12-3-4-12/h7-8,10,12H,3-6,9H2,1-2H3,(H,17,21)/t10-/m0/s1. The summed E-state index contributed by atoms with van der Waals surface area (Å²) >= 11 is 0. The second-order valence-corrected chi connectivity index (χ2v) is 5.86. The van der Waals surface area contributed by atoms with E-state index in [1.807, 2.05) is 24.6 Å². The molecule has 7 nitrogen and oxygen atoms in total. The molecule has 0 unspecified atom stereocenters. The first-order valence-corrected chi connectivity index (χ1v) is 7.72. The largest absolute Gasteiger partial charge is 0.356 e. The fourth-order valence-corrected chi connectivity index (χ4v) is 2.48. The Bertz CT molecular complexity index is 644. The summed E-state index contributed by atoms with van der Waals surface area (Å²) < 4.78 is 7.18. The molecular formula is C15H21N5O2. The first-order chi connectivity index (χ1) is 10.6. The van der Waals surface area contributed by atoms with Gasteiger partial charge in [-0.2, -0.15) is 4.98 Å². The Hall–Kier alpha value is -2.18. The van der Waals surface area contributed by atoms with Gasteiger partial charge in [0.05, 0.1) is 0 Å². The van der Waals surface area contributed by atoms with E-state index in [0.717, 1.165) is 24.5 Å². The van der Waals surface area contributed by atoms with E-state index in [9.17, 15) is 4.79 Å². The highest BCUT2D eigenvalue weighted by molar-refractivity contribution is 5.76. The van der Waals surface area contributed by atoms with Crippen LogP contribution in [-0.2, 0) is 11.2 Å². The average molecular weight is 303 g/mol. The first-order valence-electron chi connectivity index (χ1n) is 7.72. The Morgan fingerprint density at radius 3 is 3.05 bits per heavy atom. The minimum atomic E-state index is 0.0162. The maximum Gasteiger partial charge on any atom is 0.228 e. The predicted octanol–water partition coefficient (Wildman–Crippen LogP) is 1.76. The SMILES string of the molecule is Cc1nccn1[C@@H](C)CC(=O)NCCc1nc(C2CC2)no1. The van der Waals surface area contributed by atoms with Gasteiger partial charge in [0, 0.05) is 43.7 Å². The van der Waals surface area contributed by atoms with Crippen LogP contribution < -0.4 is 5.32 Å². The Morgan fingerprint density at radius 1 is 1.55 bits per heavy atom. The number of hydrogen-bond donors (Lipinski definition) is 1. The van der Waals surface area contributed by atoms with Gasteiger partial charge in [-0.3, -0.25) is 4.79 Å². The van der Waals surface area contributed by atoms with E-state index in [4.69, 9.17) is 4.52 Å². The molecule has 7 heteroatoms. The number of imidazole rings is 1. The molecule has 0 spiro atoms. The van der Waals surface area contributed by atoms with Crippen LogP contribution in [0.1, 0.15) is 55.7 Å². The predicted molar refractivity (Wildman–Crippen MR) is 79.3 cm³/mol. The van der Waals surface area contributed by atoms with Gasteiger partial charge in [-0.25, -0.2) is 4.98 Å². The third-order valence-corrected chi connectivity index (χ3v) is 3.91. The zero-order chi connectivity index (χ0) is 15.5. The molecule has 2 aromatic heterocycles. The molecule has 2 aromatic rings. The van der Waals surface area contributed by atoms with Gasteiger partial charge in [-0.15, -0.1) is 0 Å². The third kappa shape index (κ3) is 3.52. The highest BCUT2D eigenvalue weighted by Crippen LogP contribution is 2.38. The van der Waals surface area contributed by atoms with Crippen molar-refractivity contribution in [3.8, 4) is 0 Å². The van der Waals surface area contributed by atoms with E-state index in [1.165, 1.54) is 0 Å². The molecule has 0 aromatic carbocycles. The first kappa shape index (κ1) is 14.7. The molecule has 118 valence electrons. The molecule has 1 saturated carbocycles. The molecule has 2 heterocycles. The number of rotatable bonds is 7. The number of carbonyl (C=O) groups is 1. The summed E-state index contributed by atoms with van der Waals surface area (Å²) in [7, 11) is 0. The number of carbonyl (C=O) groups excluding carboxylic acids is 1. The van der Waals surface area contributed by atoms with E-state index in [2.05, 4.69) is 20.4 Å². The van der Waals surface area contributed by atoms with Gasteiger partial charge in [0.1, 0.15) is 5.82 Å². The maximum absolute atomic E-state index is 12.0. The number of nitrogens with one attached hydrogen (secondary N) is 1. The minimum Gasteiger partial charge on any atom is -0.356 e. The molecule has 1 aliphatic carbocycles. The normalized spacial score (nSPS) is 15.7. The third-order valence-electron chi connectivity index (χ3n) is 3.91. The highest BCUT2D eigenvalue weighted by atomic mass is 16.5. The number of hydrogen-bond acceptors (Lipinski definition) is 5. The average Bonchev–Trinajstić information content (AvgIpc) is 3.07. The van der Waals surface area contributed by atoms with Crippen molar-refractivity contribution in [2.24, 2.45) is 0 Å². The molecule has 1 atom stereocenters. The molecule has 1 fully saturated rings. The Kier molecular flexibility index (Phi) is 4.22. The lowest BCUT2D eigenvalue weighted by Gasteiger charge is -2.14. The van der Waals surface area contributed by atoms with Crippen LogP contribution in [0.25, 0.3) is 0 Å². The van der Waals surface area contributed by atoms with Crippen LogP contribution in [0.3, 0.4) is 0 Å². The summed E-state index contributed by atoms with van der Waals surface area (Å²) in [6.07, 6.45) is 6.95. The van der Waals surface area contributed by atoms with E-state index in [-0.39, 0.29) is 11.9 Å². The summed E-state index contributed by atoms with van der Waals surface area (Å²) in [6.45, 7) is 4.45. The van der Waals surface area contributed by atoms with Crippen LogP contribution in [0, 0.1) is 6.92 Å². The molecule has 0 aliphatic heterocycles. The number of aryl methyl sites for hydroxylation is 1. The molecule has 1 N–H and O–H groups in total. The lowest BCUT2D eigenvalue weighted by Crippen LogP contribution is -2.28. The van der Waals surface area contributed by atoms with Crippen molar-refractivity contribution < 1.29 is 9.32 Å². The van der Waals surface area contributed by atoms with Crippen LogP contribution in [0.2, 0.25) is 0 Å². The lowest BCUT2D eigenvalue weighted by molar-refractivity contribution is -0.121. The van der Waals surface area contributed by atoms with Crippen LogP contribution in [0.5, 0.6) is 0 Å². The second-order valence-electron chi connectivity index (χ2n) is 5.86. The summed E-state index contributed by atoms with van der Waals surface area (Å²) in [6, 6.07) is 0.0902. The van der Waals surface area contributed by atoms with Crippen molar-refractivity contribution in [1.29, 1.82) is 0 Å². The van der Waals surface area contributed by atoms with Crippen LogP contribution in [-0.4, -0.2) is 32.1 Å². The van der Waals surface area contributed by atoms with Crippen molar-refractivity contribution in [3.05, 3.63) is 29.9 Å². The van der Waals surface area contributed by atoms with Gasteiger partial charge in [-0.1, -0.05) is 5.16 Å². The number of amides is 1. The van der Waals surface area contributed by atoms with Gasteiger partial charge in [0.2, 0.25) is 11.8 Å². The van der Waals surface area contributed by atoms with Crippen LogP contribution in [0.4, 0.5) is 0 Å². The molecule has 0 bridgehead atoms. The zero-order valence-electron chi connectivity index (χ0n) is 13.0. The monoisotopic (exact) mass is 303 g/mol. The molecule has 3 rings (SSSR count). The molecule has 0 radical (unpaired) electrons. The Balaban J connectivity index is 1.41. The van der Waals surface area contributed by atoms with E-state index in [0.29, 0.717) is 31.2 Å². The van der Waals surface area contributed by atoms with Gasteiger partial charge in [0.25, 0.3) is 0 Å². The van der Waals surface area contributed by atoms with Gasteiger partial charge < -0.3 is 14.4 Å². The maximum atomic E-state index is 12.0. The second kappa shape index (κ2) is 6.29. The van der Waals surface area contributed by atoms with Crippen molar-refractivity contribution in [2.75, 3.05) is 6.54 Å². The quantitative estimate of drug-likeness (QED) is 0.842. The summed E-state index contributed by atoms with van der Waals surface area (Å²) in [4.78, 5) is 20.5. The topological polar surface area (TPSA) is 85.8 Å². The van der Waals surface area contributed by atoms with Gasteiger partial charge >= 0.3 is 0 Å². The fraction of sp³-hybridized carbons (Fsp3) is 0.600. The Labute approximate surface area is 129 Å². The van der Waals surface area contributed by atoms with Crippen molar-refractivity contribution in [2.45, 2.75) is 51.5 Å². The lowest BCUT2D eigenvalue weighted by atomic mass is 10.2. The van der Waals surface area contributed by atoms with Crippen molar-refractivity contribution in [1.82, 2.24) is 25.0 Å². The van der Waals surface area contributed by atoms with Crippen LogP contribution in [0.15, 0.2) is 16.9 Å².